The summed E-state index contributed by atoms with van der Waals surface area (Å²) in [6.45, 7) is -0.00355. The first-order valence-corrected chi connectivity index (χ1v) is 6.39. The first-order valence-electron chi connectivity index (χ1n) is 6.39. The number of carboxylic acid groups (broad SMARTS) is 1. The molecule has 0 bridgehead atoms. The Labute approximate surface area is 121 Å². The van der Waals surface area contributed by atoms with Crippen LogP contribution in [0.25, 0.3) is 0 Å². The first kappa shape index (κ1) is 14.8. The van der Waals surface area contributed by atoms with E-state index in [0.29, 0.717) is 11.3 Å². The van der Waals surface area contributed by atoms with Crippen molar-refractivity contribution >= 4 is 17.7 Å². The van der Waals surface area contributed by atoms with Gasteiger partial charge in [0.1, 0.15) is 6.04 Å². The molecule has 2 rings (SSSR count). The van der Waals surface area contributed by atoms with Crippen LogP contribution in [0.1, 0.15) is 12.0 Å². The van der Waals surface area contributed by atoms with Crippen LogP contribution in [0.5, 0.6) is 0 Å². The van der Waals surface area contributed by atoms with Gasteiger partial charge in [-0.2, -0.15) is 5.26 Å². The molecule has 0 aromatic heterocycles. The van der Waals surface area contributed by atoms with E-state index < -0.39 is 24.1 Å². The van der Waals surface area contributed by atoms with E-state index in [4.69, 9.17) is 10.4 Å². The second-order valence-electron chi connectivity index (χ2n) is 4.90. The van der Waals surface area contributed by atoms with Crippen LogP contribution in [0.3, 0.4) is 0 Å². The number of hydrogen-bond acceptors (Lipinski definition) is 4. The quantitative estimate of drug-likeness (QED) is 0.831. The second-order valence-corrected chi connectivity index (χ2v) is 4.90. The van der Waals surface area contributed by atoms with E-state index in [2.05, 4.69) is 0 Å². The monoisotopic (exact) mass is 289 g/mol. The number of urea groups is 1. The molecule has 21 heavy (non-hydrogen) atoms. The van der Waals surface area contributed by atoms with Gasteiger partial charge >= 0.3 is 12.0 Å². The van der Waals surface area contributed by atoms with Crippen molar-refractivity contribution in [1.82, 2.24) is 4.90 Å². The van der Waals surface area contributed by atoms with Crippen LogP contribution in [0.4, 0.5) is 10.5 Å². The van der Waals surface area contributed by atoms with Crippen LogP contribution in [0, 0.1) is 11.3 Å². The summed E-state index contributed by atoms with van der Waals surface area (Å²) in [5.41, 5.74) is 1.02. The van der Waals surface area contributed by atoms with Gasteiger partial charge in [0, 0.05) is 25.7 Å². The molecule has 2 N–H and O–H groups in total. The van der Waals surface area contributed by atoms with Crippen LogP contribution in [0.2, 0.25) is 0 Å². The van der Waals surface area contributed by atoms with Gasteiger partial charge in [0.05, 0.1) is 17.7 Å². The second kappa shape index (κ2) is 5.81. The molecule has 0 aliphatic carbocycles. The summed E-state index contributed by atoms with van der Waals surface area (Å²) in [4.78, 5) is 26.0. The lowest BCUT2D eigenvalue weighted by Gasteiger charge is -2.27. The predicted octanol–water partition coefficient (Wildman–Crippen LogP) is 0.634. The van der Waals surface area contributed by atoms with Gasteiger partial charge in [0.25, 0.3) is 0 Å². The molecule has 1 aliphatic rings. The van der Waals surface area contributed by atoms with Crippen molar-refractivity contribution in [3.8, 4) is 6.07 Å². The van der Waals surface area contributed by atoms with E-state index in [1.54, 1.807) is 24.3 Å². The molecule has 0 radical (unpaired) electrons. The average Bonchev–Trinajstić information content (AvgIpc) is 2.88. The number of carbonyl (C=O) groups is 2. The van der Waals surface area contributed by atoms with Crippen molar-refractivity contribution in [2.75, 3.05) is 18.5 Å². The van der Waals surface area contributed by atoms with E-state index >= 15 is 0 Å². The number of nitrogens with zero attached hydrogens (tertiary/aromatic N) is 3. The van der Waals surface area contributed by atoms with Gasteiger partial charge in [-0.15, -0.1) is 0 Å². The molecule has 7 nitrogen and oxygen atoms in total. The highest BCUT2D eigenvalue weighted by Crippen LogP contribution is 2.22. The highest BCUT2D eigenvalue weighted by molar-refractivity contribution is 5.94. The highest BCUT2D eigenvalue weighted by Gasteiger charge is 2.40. The largest absolute Gasteiger partial charge is 0.480 e. The predicted molar refractivity (Wildman–Crippen MR) is 73.7 cm³/mol. The molecule has 0 spiro atoms. The zero-order chi connectivity index (χ0) is 15.6. The molecule has 2 atom stereocenters. The van der Waals surface area contributed by atoms with Gasteiger partial charge in [0.15, 0.2) is 0 Å². The molecule has 1 aromatic carbocycles. The molecular weight excluding hydrogens is 274 g/mol. The number of aliphatic hydroxyl groups is 1. The number of hydrogen-bond donors (Lipinski definition) is 2. The van der Waals surface area contributed by atoms with Gasteiger partial charge < -0.3 is 15.1 Å². The van der Waals surface area contributed by atoms with Crippen LogP contribution < -0.4 is 4.90 Å². The summed E-state index contributed by atoms with van der Waals surface area (Å²) < 4.78 is 0. The SMILES string of the molecule is CN(C(=O)N1CC(O)CC1C(=O)O)c1ccc(C#N)cc1. The van der Waals surface area contributed by atoms with E-state index in [-0.39, 0.29) is 13.0 Å². The van der Waals surface area contributed by atoms with Crippen molar-refractivity contribution in [3.05, 3.63) is 29.8 Å². The molecule has 1 heterocycles. The van der Waals surface area contributed by atoms with E-state index in [1.165, 1.54) is 11.9 Å². The number of carboxylic acids is 1. The Kier molecular flexibility index (Phi) is 4.10. The molecule has 2 amide bonds. The van der Waals surface area contributed by atoms with Crippen molar-refractivity contribution in [2.45, 2.75) is 18.6 Å². The minimum Gasteiger partial charge on any atom is -0.480 e. The van der Waals surface area contributed by atoms with Crippen molar-refractivity contribution in [3.63, 3.8) is 0 Å². The smallest absolute Gasteiger partial charge is 0.326 e. The average molecular weight is 289 g/mol. The van der Waals surface area contributed by atoms with Crippen molar-refractivity contribution < 1.29 is 19.8 Å². The Balaban J connectivity index is 2.18. The summed E-state index contributed by atoms with van der Waals surface area (Å²) in [5, 5.41) is 27.4. The number of carbonyl (C=O) groups excluding carboxylic acids is 1. The lowest BCUT2D eigenvalue weighted by molar-refractivity contribution is -0.141. The maximum atomic E-state index is 12.4. The minimum absolute atomic E-state index is 0.00355. The van der Waals surface area contributed by atoms with Gasteiger partial charge in [-0.25, -0.2) is 9.59 Å². The Hall–Kier alpha value is -2.59. The molecular formula is C14H15N3O4. The minimum atomic E-state index is -1.13. The first-order chi connectivity index (χ1) is 9.93. The summed E-state index contributed by atoms with van der Waals surface area (Å²) in [6, 6.07) is 6.84. The fraction of sp³-hybridized carbons (Fsp3) is 0.357. The molecule has 2 unspecified atom stereocenters. The Morgan fingerprint density at radius 2 is 2.00 bits per heavy atom. The van der Waals surface area contributed by atoms with Crippen LogP contribution in [-0.2, 0) is 4.79 Å². The standard InChI is InChI=1S/C14H15N3O4/c1-16(10-4-2-9(7-15)3-5-10)14(21)17-8-11(18)6-12(17)13(19)20/h2-5,11-12,18H,6,8H2,1H3,(H,19,20). The normalized spacial score (nSPS) is 20.9. The highest BCUT2D eigenvalue weighted by atomic mass is 16.4. The lowest BCUT2D eigenvalue weighted by atomic mass is 10.2. The molecule has 1 saturated heterocycles. The summed E-state index contributed by atoms with van der Waals surface area (Å²) in [7, 11) is 1.52. The fourth-order valence-corrected chi connectivity index (χ4v) is 2.32. The fourth-order valence-electron chi connectivity index (χ4n) is 2.32. The molecule has 1 aromatic rings. The third-order valence-corrected chi connectivity index (χ3v) is 3.48. The number of aliphatic carboxylic acids is 1. The van der Waals surface area contributed by atoms with Crippen LogP contribution in [-0.4, -0.2) is 52.9 Å². The number of benzene rings is 1. The summed E-state index contributed by atoms with van der Waals surface area (Å²) in [5.74, 6) is -1.13. The molecule has 7 heteroatoms. The van der Waals surface area contributed by atoms with E-state index in [0.717, 1.165) is 4.90 Å². The Morgan fingerprint density at radius 3 is 2.52 bits per heavy atom. The van der Waals surface area contributed by atoms with Gasteiger partial charge in [-0.05, 0) is 24.3 Å². The summed E-state index contributed by atoms with van der Waals surface area (Å²) in [6.07, 6.45) is -0.799. The molecule has 1 aliphatic heterocycles. The maximum absolute atomic E-state index is 12.4. The number of aliphatic hydroxyl groups excluding tert-OH is 1. The number of amides is 2. The Bertz CT molecular complexity index is 593. The number of β-amino-alcohol motifs (C(OH)–C–C–N with tert-alkyl or cyclic N) is 1. The maximum Gasteiger partial charge on any atom is 0.326 e. The lowest BCUT2D eigenvalue weighted by Crippen LogP contribution is -2.47. The number of likely N-dealkylation sites (tertiary alicyclic amines) is 1. The van der Waals surface area contributed by atoms with E-state index in [1.807, 2.05) is 6.07 Å². The third-order valence-electron chi connectivity index (χ3n) is 3.48. The number of rotatable bonds is 2. The van der Waals surface area contributed by atoms with Gasteiger partial charge in [-0.1, -0.05) is 0 Å². The number of anilines is 1. The topological polar surface area (TPSA) is 105 Å². The van der Waals surface area contributed by atoms with Crippen molar-refractivity contribution in [1.29, 1.82) is 5.26 Å². The third kappa shape index (κ3) is 2.95. The van der Waals surface area contributed by atoms with E-state index in [9.17, 15) is 14.7 Å². The van der Waals surface area contributed by atoms with Gasteiger partial charge in [0.2, 0.25) is 0 Å². The Morgan fingerprint density at radius 1 is 1.38 bits per heavy atom. The van der Waals surface area contributed by atoms with Crippen LogP contribution >= 0.6 is 0 Å². The van der Waals surface area contributed by atoms with Gasteiger partial charge in [-0.3, -0.25) is 4.90 Å². The molecule has 110 valence electrons. The molecule has 0 saturated carbocycles. The van der Waals surface area contributed by atoms with Crippen molar-refractivity contribution in [2.24, 2.45) is 0 Å². The summed E-state index contributed by atoms with van der Waals surface area (Å²) >= 11 is 0. The zero-order valence-electron chi connectivity index (χ0n) is 11.4. The zero-order valence-corrected chi connectivity index (χ0v) is 11.4. The van der Waals surface area contributed by atoms with Crippen LogP contribution in [0.15, 0.2) is 24.3 Å². The molecule has 1 fully saturated rings. The number of nitriles is 1.